The number of nitrogen functional groups attached to an aromatic ring is 1. The van der Waals surface area contributed by atoms with E-state index in [1.807, 2.05) is 6.92 Å². The standard InChI is InChI=1S/C15H21N5/c1-4-13-18-14(9-15(19-13)20-16)17-12-7-5-11(6-8-12)10(2)3/h5-10H,4,16H2,1-3H3,(H2,17,18,19,20). The third kappa shape index (κ3) is 3.45. The maximum atomic E-state index is 5.42. The fourth-order valence-corrected chi connectivity index (χ4v) is 1.89. The van der Waals surface area contributed by atoms with Crippen LogP contribution in [-0.2, 0) is 6.42 Å². The number of anilines is 3. The summed E-state index contributed by atoms with van der Waals surface area (Å²) in [5, 5.41) is 3.27. The van der Waals surface area contributed by atoms with Crippen LogP contribution in [0, 0.1) is 0 Å². The molecule has 2 aromatic rings. The number of nitrogens with two attached hydrogens (primary N) is 1. The largest absolute Gasteiger partial charge is 0.340 e. The van der Waals surface area contributed by atoms with E-state index in [9.17, 15) is 0 Å². The van der Waals surface area contributed by atoms with E-state index in [4.69, 9.17) is 5.84 Å². The van der Waals surface area contributed by atoms with Crippen molar-refractivity contribution >= 4 is 17.3 Å². The van der Waals surface area contributed by atoms with E-state index in [0.717, 1.165) is 23.8 Å². The van der Waals surface area contributed by atoms with Crippen molar-refractivity contribution in [1.29, 1.82) is 0 Å². The third-order valence-corrected chi connectivity index (χ3v) is 3.09. The van der Waals surface area contributed by atoms with E-state index in [1.165, 1.54) is 5.56 Å². The lowest BCUT2D eigenvalue weighted by molar-refractivity contribution is 0.867. The second-order valence-electron chi connectivity index (χ2n) is 4.95. The van der Waals surface area contributed by atoms with Gasteiger partial charge < -0.3 is 10.7 Å². The Morgan fingerprint density at radius 1 is 1.10 bits per heavy atom. The van der Waals surface area contributed by atoms with Gasteiger partial charge in [-0.1, -0.05) is 32.9 Å². The molecule has 0 saturated carbocycles. The molecule has 5 heteroatoms. The molecule has 0 saturated heterocycles. The fraction of sp³-hybridized carbons (Fsp3) is 0.333. The topological polar surface area (TPSA) is 75.9 Å². The van der Waals surface area contributed by atoms with Gasteiger partial charge in [-0.15, -0.1) is 0 Å². The molecule has 1 heterocycles. The molecular formula is C15H21N5. The zero-order valence-electron chi connectivity index (χ0n) is 12.1. The van der Waals surface area contributed by atoms with E-state index in [-0.39, 0.29) is 0 Å². The van der Waals surface area contributed by atoms with Gasteiger partial charge in [-0.2, -0.15) is 0 Å². The first-order valence-corrected chi connectivity index (χ1v) is 6.84. The molecule has 0 amide bonds. The Bertz CT molecular complexity index is 541. The molecule has 1 aromatic carbocycles. The molecule has 0 unspecified atom stereocenters. The van der Waals surface area contributed by atoms with E-state index in [1.54, 1.807) is 6.07 Å². The third-order valence-electron chi connectivity index (χ3n) is 3.09. The molecule has 2 rings (SSSR count). The molecule has 20 heavy (non-hydrogen) atoms. The summed E-state index contributed by atoms with van der Waals surface area (Å²) < 4.78 is 0. The van der Waals surface area contributed by atoms with Gasteiger partial charge in [0.05, 0.1) is 0 Å². The van der Waals surface area contributed by atoms with Crippen molar-refractivity contribution in [3.05, 3.63) is 41.7 Å². The molecule has 106 valence electrons. The molecule has 4 N–H and O–H groups in total. The van der Waals surface area contributed by atoms with Crippen LogP contribution < -0.4 is 16.6 Å². The van der Waals surface area contributed by atoms with Crippen molar-refractivity contribution in [2.75, 3.05) is 10.7 Å². The van der Waals surface area contributed by atoms with Crippen molar-refractivity contribution in [1.82, 2.24) is 9.97 Å². The van der Waals surface area contributed by atoms with Gasteiger partial charge in [0.2, 0.25) is 0 Å². The summed E-state index contributed by atoms with van der Waals surface area (Å²) in [7, 11) is 0. The number of hydrazine groups is 1. The van der Waals surface area contributed by atoms with Crippen molar-refractivity contribution in [3.63, 3.8) is 0 Å². The van der Waals surface area contributed by atoms with Gasteiger partial charge >= 0.3 is 0 Å². The number of rotatable bonds is 5. The number of aryl methyl sites for hydroxylation is 1. The highest BCUT2D eigenvalue weighted by Crippen LogP contribution is 2.20. The maximum absolute atomic E-state index is 5.42. The highest BCUT2D eigenvalue weighted by atomic mass is 15.3. The van der Waals surface area contributed by atoms with E-state index in [0.29, 0.717) is 11.7 Å². The van der Waals surface area contributed by atoms with Gasteiger partial charge in [0.15, 0.2) is 0 Å². The van der Waals surface area contributed by atoms with Crippen LogP contribution in [0.1, 0.15) is 38.1 Å². The molecule has 0 bridgehead atoms. The Balaban J connectivity index is 2.20. The van der Waals surface area contributed by atoms with Gasteiger partial charge in [0.1, 0.15) is 17.5 Å². The molecule has 0 fully saturated rings. The van der Waals surface area contributed by atoms with Crippen LogP contribution in [0.25, 0.3) is 0 Å². The van der Waals surface area contributed by atoms with Crippen LogP contribution in [0.2, 0.25) is 0 Å². The Labute approximate surface area is 119 Å². The van der Waals surface area contributed by atoms with Crippen LogP contribution in [0.4, 0.5) is 17.3 Å². The van der Waals surface area contributed by atoms with Crippen molar-refractivity contribution in [3.8, 4) is 0 Å². The lowest BCUT2D eigenvalue weighted by Crippen LogP contribution is -2.11. The number of aromatic nitrogens is 2. The summed E-state index contributed by atoms with van der Waals surface area (Å²) in [5.41, 5.74) is 4.88. The summed E-state index contributed by atoms with van der Waals surface area (Å²) in [6.45, 7) is 6.37. The Hall–Kier alpha value is -2.14. The fourth-order valence-electron chi connectivity index (χ4n) is 1.89. The van der Waals surface area contributed by atoms with E-state index >= 15 is 0 Å². The van der Waals surface area contributed by atoms with Gasteiger partial charge in [0, 0.05) is 18.2 Å². The highest BCUT2D eigenvalue weighted by Gasteiger charge is 2.04. The molecule has 0 aliphatic carbocycles. The first kappa shape index (κ1) is 14.3. The van der Waals surface area contributed by atoms with Crippen LogP contribution in [-0.4, -0.2) is 9.97 Å². The second-order valence-corrected chi connectivity index (χ2v) is 4.95. The predicted molar refractivity (Wildman–Crippen MR) is 83.0 cm³/mol. The smallest absolute Gasteiger partial charge is 0.145 e. The van der Waals surface area contributed by atoms with Gasteiger partial charge in [0.25, 0.3) is 0 Å². The summed E-state index contributed by atoms with van der Waals surface area (Å²) in [6.07, 6.45) is 0.760. The summed E-state index contributed by atoms with van der Waals surface area (Å²) in [4.78, 5) is 8.70. The minimum absolute atomic E-state index is 0.530. The molecular weight excluding hydrogens is 250 g/mol. The Morgan fingerprint density at radius 3 is 2.30 bits per heavy atom. The van der Waals surface area contributed by atoms with Crippen molar-refractivity contribution in [2.24, 2.45) is 5.84 Å². The van der Waals surface area contributed by atoms with E-state index in [2.05, 4.69) is 58.8 Å². The number of hydrogen-bond donors (Lipinski definition) is 3. The molecule has 0 aliphatic heterocycles. The van der Waals surface area contributed by atoms with Gasteiger partial charge in [-0.05, 0) is 23.6 Å². The molecule has 0 aliphatic rings. The van der Waals surface area contributed by atoms with Crippen LogP contribution in [0.5, 0.6) is 0 Å². The summed E-state index contributed by atoms with van der Waals surface area (Å²) in [6, 6.07) is 10.1. The lowest BCUT2D eigenvalue weighted by atomic mass is 10.0. The highest BCUT2D eigenvalue weighted by molar-refractivity contribution is 5.59. The second kappa shape index (κ2) is 6.34. The average molecular weight is 271 g/mol. The first-order valence-electron chi connectivity index (χ1n) is 6.84. The lowest BCUT2D eigenvalue weighted by Gasteiger charge is -2.10. The zero-order valence-corrected chi connectivity index (χ0v) is 12.1. The first-order chi connectivity index (χ1) is 9.62. The molecule has 0 radical (unpaired) electrons. The minimum atomic E-state index is 0.530. The monoisotopic (exact) mass is 271 g/mol. The van der Waals surface area contributed by atoms with Crippen molar-refractivity contribution in [2.45, 2.75) is 33.1 Å². The summed E-state index contributed by atoms with van der Waals surface area (Å²) >= 11 is 0. The molecule has 0 spiro atoms. The number of nitrogens with one attached hydrogen (secondary N) is 2. The van der Waals surface area contributed by atoms with Gasteiger partial charge in [-0.3, -0.25) is 0 Å². The van der Waals surface area contributed by atoms with Gasteiger partial charge in [-0.25, -0.2) is 15.8 Å². The normalized spacial score (nSPS) is 10.7. The van der Waals surface area contributed by atoms with Crippen LogP contribution in [0.15, 0.2) is 30.3 Å². The molecule has 0 atom stereocenters. The minimum Gasteiger partial charge on any atom is -0.340 e. The van der Waals surface area contributed by atoms with E-state index < -0.39 is 0 Å². The quantitative estimate of drug-likeness (QED) is 0.575. The number of nitrogens with zero attached hydrogens (tertiary/aromatic N) is 2. The Morgan fingerprint density at radius 2 is 1.75 bits per heavy atom. The van der Waals surface area contributed by atoms with Crippen LogP contribution in [0.3, 0.4) is 0 Å². The number of hydrogen-bond acceptors (Lipinski definition) is 5. The summed E-state index contributed by atoms with van der Waals surface area (Å²) in [5.74, 6) is 8.05. The molecule has 1 aromatic heterocycles. The molecule has 5 nitrogen and oxygen atoms in total. The average Bonchev–Trinajstić information content (AvgIpc) is 2.47. The predicted octanol–water partition coefficient (Wildman–Crippen LogP) is 3.19. The van der Waals surface area contributed by atoms with Crippen LogP contribution >= 0.6 is 0 Å². The number of benzene rings is 1. The zero-order chi connectivity index (χ0) is 14.5. The Kier molecular flexibility index (Phi) is 4.53. The maximum Gasteiger partial charge on any atom is 0.145 e. The van der Waals surface area contributed by atoms with Crippen molar-refractivity contribution < 1.29 is 0 Å². The SMILES string of the molecule is CCc1nc(NN)cc(Nc2ccc(C(C)C)cc2)n1.